The number of hydrogen-bond donors (Lipinski definition) is 2. The van der Waals surface area contributed by atoms with Gasteiger partial charge in [-0.3, -0.25) is 19.3 Å². The summed E-state index contributed by atoms with van der Waals surface area (Å²) in [6.45, 7) is 2.99. The number of rotatable bonds is 7. The van der Waals surface area contributed by atoms with Gasteiger partial charge in [0, 0.05) is 5.69 Å². The summed E-state index contributed by atoms with van der Waals surface area (Å²) < 4.78 is 5.06. The number of aliphatic carboxylic acids is 1. The quantitative estimate of drug-likeness (QED) is 0.634. The molecule has 0 radical (unpaired) electrons. The second-order valence-electron chi connectivity index (χ2n) is 6.94. The molecule has 3 amide bonds. The Kier molecular flexibility index (Phi) is 6.76. The summed E-state index contributed by atoms with van der Waals surface area (Å²) >= 11 is 0.758. The molecule has 1 aliphatic heterocycles. The number of carbonyl (C=O) groups is 4. The second kappa shape index (κ2) is 9.48. The van der Waals surface area contributed by atoms with E-state index >= 15 is 0 Å². The SMILES string of the molecule is Cc1cc(C)cc(NC(=O)CN2C(=O)S/C(=C/c3ccc(OCC(=O)O)cc3)C2=O)c1. The average Bonchev–Trinajstić information content (AvgIpc) is 2.94. The Hall–Kier alpha value is -3.59. The van der Waals surface area contributed by atoms with Crippen molar-refractivity contribution < 1.29 is 29.0 Å². The highest BCUT2D eigenvalue weighted by Crippen LogP contribution is 2.32. The zero-order valence-corrected chi connectivity index (χ0v) is 17.7. The lowest BCUT2D eigenvalue weighted by molar-refractivity contribution is -0.139. The number of amides is 3. The molecule has 1 heterocycles. The second-order valence-corrected chi connectivity index (χ2v) is 7.94. The first-order chi connectivity index (χ1) is 14.7. The van der Waals surface area contributed by atoms with E-state index in [1.165, 1.54) is 6.08 Å². The molecule has 1 fully saturated rings. The molecule has 9 heteroatoms. The minimum Gasteiger partial charge on any atom is -0.482 e. The molecule has 0 spiro atoms. The number of nitrogens with zero attached hydrogens (tertiary/aromatic N) is 1. The van der Waals surface area contributed by atoms with Gasteiger partial charge < -0.3 is 15.2 Å². The smallest absolute Gasteiger partial charge is 0.341 e. The normalized spacial score (nSPS) is 14.8. The zero-order valence-electron chi connectivity index (χ0n) is 16.9. The number of carboxylic acid groups (broad SMARTS) is 1. The Labute approximate surface area is 182 Å². The van der Waals surface area contributed by atoms with Gasteiger partial charge in [-0.2, -0.15) is 0 Å². The van der Waals surface area contributed by atoms with Crippen LogP contribution in [0.4, 0.5) is 10.5 Å². The Morgan fingerprint density at radius 3 is 2.35 bits per heavy atom. The summed E-state index contributed by atoms with van der Waals surface area (Å²) in [6.07, 6.45) is 1.54. The lowest BCUT2D eigenvalue weighted by Crippen LogP contribution is -2.36. The molecule has 0 aromatic heterocycles. The molecular weight excluding hydrogens is 420 g/mol. The van der Waals surface area contributed by atoms with Crippen LogP contribution in [0.3, 0.4) is 0 Å². The molecule has 2 aromatic carbocycles. The fraction of sp³-hybridized carbons (Fsp3) is 0.182. The summed E-state index contributed by atoms with van der Waals surface area (Å²) in [5, 5.41) is 10.8. The van der Waals surface area contributed by atoms with Crippen LogP contribution in [-0.4, -0.2) is 46.2 Å². The lowest BCUT2D eigenvalue weighted by Gasteiger charge is -2.13. The van der Waals surface area contributed by atoms with Crippen molar-refractivity contribution in [2.75, 3.05) is 18.5 Å². The molecule has 3 rings (SSSR count). The summed E-state index contributed by atoms with van der Waals surface area (Å²) in [6, 6.07) is 12.0. The largest absolute Gasteiger partial charge is 0.482 e. The van der Waals surface area contributed by atoms with Crippen molar-refractivity contribution in [2.24, 2.45) is 0 Å². The van der Waals surface area contributed by atoms with Gasteiger partial charge in [-0.05, 0) is 72.6 Å². The van der Waals surface area contributed by atoms with Gasteiger partial charge in [-0.15, -0.1) is 0 Å². The van der Waals surface area contributed by atoms with Crippen molar-refractivity contribution in [1.82, 2.24) is 4.90 Å². The predicted octanol–water partition coefficient (Wildman–Crippen LogP) is 3.44. The lowest BCUT2D eigenvalue weighted by atomic mass is 10.1. The van der Waals surface area contributed by atoms with Crippen molar-refractivity contribution in [2.45, 2.75) is 13.8 Å². The van der Waals surface area contributed by atoms with Gasteiger partial charge >= 0.3 is 5.97 Å². The highest BCUT2D eigenvalue weighted by Gasteiger charge is 2.36. The van der Waals surface area contributed by atoms with Gasteiger partial charge in [0.1, 0.15) is 12.3 Å². The van der Waals surface area contributed by atoms with E-state index in [4.69, 9.17) is 9.84 Å². The van der Waals surface area contributed by atoms with E-state index < -0.39 is 29.6 Å². The Balaban J connectivity index is 1.64. The number of benzene rings is 2. The molecule has 160 valence electrons. The first-order valence-corrected chi connectivity index (χ1v) is 10.1. The Morgan fingerprint density at radius 2 is 1.74 bits per heavy atom. The number of carbonyl (C=O) groups excluding carboxylic acids is 3. The summed E-state index contributed by atoms with van der Waals surface area (Å²) in [7, 11) is 0. The fourth-order valence-corrected chi connectivity index (χ4v) is 3.82. The predicted molar refractivity (Wildman–Crippen MR) is 117 cm³/mol. The van der Waals surface area contributed by atoms with E-state index in [9.17, 15) is 19.2 Å². The van der Waals surface area contributed by atoms with Gasteiger partial charge in [0.15, 0.2) is 6.61 Å². The number of imide groups is 1. The van der Waals surface area contributed by atoms with Crippen molar-refractivity contribution in [1.29, 1.82) is 0 Å². The topological polar surface area (TPSA) is 113 Å². The first-order valence-electron chi connectivity index (χ1n) is 9.29. The van der Waals surface area contributed by atoms with E-state index in [1.54, 1.807) is 24.3 Å². The standard InChI is InChI=1S/C22H20N2O6S/c1-13-7-14(2)9-16(8-13)23-19(25)11-24-21(28)18(31-22(24)29)10-15-3-5-17(6-4-15)30-12-20(26)27/h3-10H,11-12H2,1-2H3,(H,23,25)(H,26,27)/b18-10+. The molecule has 0 atom stereocenters. The van der Waals surface area contributed by atoms with Gasteiger partial charge in [0.2, 0.25) is 5.91 Å². The number of nitrogens with one attached hydrogen (secondary N) is 1. The van der Waals surface area contributed by atoms with E-state index in [-0.39, 0.29) is 11.4 Å². The third kappa shape index (κ3) is 5.95. The maximum atomic E-state index is 12.6. The van der Waals surface area contributed by atoms with E-state index in [1.807, 2.05) is 32.0 Å². The molecular formula is C22H20N2O6S. The highest BCUT2D eigenvalue weighted by atomic mass is 32.2. The van der Waals surface area contributed by atoms with Crippen molar-refractivity contribution in [3.63, 3.8) is 0 Å². The van der Waals surface area contributed by atoms with Crippen molar-refractivity contribution >= 4 is 46.5 Å². The molecule has 2 aromatic rings. The highest BCUT2D eigenvalue weighted by molar-refractivity contribution is 8.18. The van der Waals surface area contributed by atoms with Gasteiger partial charge in [0.05, 0.1) is 4.91 Å². The molecule has 31 heavy (non-hydrogen) atoms. The van der Waals surface area contributed by atoms with Crippen LogP contribution in [0.1, 0.15) is 16.7 Å². The number of carboxylic acids is 1. The van der Waals surface area contributed by atoms with Crippen LogP contribution in [0.5, 0.6) is 5.75 Å². The molecule has 0 unspecified atom stereocenters. The molecule has 2 N–H and O–H groups in total. The van der Waals surface area contributed by atoms with Crippen LogP contribution >= 0.6 is 11.8 Å². The van der Waals surface area contributed by atoms with E-state index in [0.717, 1.165) is 27.8 Å². The molecule has 1 saturated heterocycles. The van der Waals surface area contributed by atoms with Crippen LogP contribution in [0.15, 0.2) is 47.4 Å². The van der Waals surface area contributed by atoms with Crippen molar-refractivity contribution in [3.05, 3.63) is 64.1 Å². The number of ether oxygens (including phenoxy) is 1. The fourth-order valence-electron chi connectivity index (χ4n) is 2.98. The van der Waals surface area contributed by atoms with Crippen LogP contribution in [0, 0.1) is 13.8 Å². The molecule has 8 nitrogen and oxygen atoms in total. The minimum atomic E-state index is -1.08. The van der Waals surface area contributed by atoms with Gasteiger partial charge in [0.25, 0.3) is 11.1 Å². The van der Waals surface area contributed by atoms with E-state index in [0.29, 0.717) is 17.0 Å². The minimum absolute atomic E-state index is 0.198. The number of anilines is 1. The molecule has 1 aliphatic rings. The van der Waals surface area contributed by atoms with Gasteiger partial charge in [-0.1, -0.05) is 18.2 Å². The van der Waals surface area contributed by atoms with Crippen LogP contribution in [0.2, 0.25) is 0 Å². The van der Waals surface area contributed by atoms with Crippen LogP contribution in [-0.2, 0) is 14.4 Å². The Bertz CT molecular complexity index is 1060. The average molecular weight is 440 g/mol. The maximum Gasteiger partial charge on any atom is 0.341 e. The van der Waals surface area contributed by atoms with E-state index in [2.05, 4.69) is 5.32 Å². The Morgan fingerprint density at radius 1 is 1.10 bits per heavy atom. The molecule has 0 bridgehead atoms. The molecule has 0 saturated carbocycles. The third-order valence-electron chi connectivity index (χ3n) is 4.22. The van der Waals surface area contributed by atoms with Gasteiger partial charge in [-0.25, -0.2) is 4.79 Å². The first kappa shape index (κ1) is 22.1. The number of thioether (sulfide) groups is 1. The van der Waals surface area contributed by atoms with Crippen LogP contribution < -0.4 is 10.1 Å². The monoisotopic (exact) mass is 440 g/mol. The summed E-state index contributed by atoms with van der Waals surface area (Å²) in [5.74, 6) is -1.72. The number of aryl methyl sites for hydroxylation is 2. The maximum absolute atomic E-state index is 12.6. The molecule has 0 aliphatic carbocycles. The third-order valence-corrected chi connectivity index (χ3v) is 5.13. The summed E-state index contributed by atoms with van der Waals surface area (Å²) in [5.41, 5.74) is 3.22. The van der Waals surface area contributed by atoms with Crippen molar-refractivity contribution in [3.8, 4) is 5.75 Å². The number of hydrogen-bond acceptors (Lipinski definition) is 6. The zero-order chi connectivity index (χ0) is 22.5. The van der Waals surface area contributed by atoms with Crippen LogP contribution in [0.25, 0.3) is 6.08 Å². The summed E-state index contributed by atoms with van der Waals surface area (Å²) in [4.78, 5) is 48.9.